The van der Waals surface area contributed by atoms with Crippen molar-refractivity contribution in [2.45, 2.75) is 45.0 Å². The van der Waals surface area contributed by atoms with Crippen LogP contribution in [0.4, 0.5) is 4.79 Å². The molecule has 11 heteroatoms. The Bertz CT molecular complexity index is 742. The number of benzene rings is 1. The highest BCUT2D eigenvalue weighted by Gasteiger charge is 2.40. The first-order valence-corrected chi connectivity index (χ1v) is 10.8. The number of carboxylic acids is 1. The van der Waals surface area contributed by atoms with Gasteiger partial charge in [0.15, 0.2) is 6.10 Å². The lowest BCUT2D eigenvalue weighted by atomic mass is 10.1. The van der Waals surface area contributed by atoms with E-state index in [1.165, 1.54) is 0 Å². The molecule has 0 saturated heterocycles. The number of aliphatic carboxylic acids is 1. The van der Waals surface area contributed by atoms with Crippen LogP contribution in [-0.4, -0.2) is 46.3 Å². The van der Waals surface area contributed by atoms with Crippen LogP contribution in [0.3, 0.4) is 0 Å². The molecule has 0 aliphatic carbocycles. The van der Waals surface area contributed by atoms with E-state index in [-0.39, 0.29) is 19.4 Å². The molecule has 0 bridgehead atoms. The van der Waals surface area contributed by atoms with Gasteiger partial charge in [0.2, 0.25) is 5.91 Å². The van der Waals surface area contributed by atoms with Gasteiger partial charge in [-0.15, -0.1) is 0 Å². The van der Waals surface area contributed by atoms with Gasteiger partial charge < -0.3 is 26.4 Å². The third kappa shape index (κ3) is 9.08. The first-order valence-electron chi connectivity index (χ1n) is 9.13. The van der Waals surface area contributed by atoms with Crippen LogP contribution < -0.4 is 16.4 Å². The van der Waals surface area contributed by atoms with E-state index < -0.39 is 43.3 Å². The fourth-order valence-electron chi connectivity index (χ4n) is 2.56. The Morgan fingerprint density at radius 1 is 1.21 bits per heavy atom. The van der Waals surface area contributed by atoms with E-state index >= 15 is 0 Å². The average Bonchev–Trinajstić information content (AvgIpc) is 2.63. The van der Waals surface area contributed by atoms with E-state index in [0.29, 0.717) is 6.42 Å². The second kappa shape index (κ2) is 11.5. The van der Waals surface area contributed by atoms with Gasteiger partial charge in [0.05, 0.1) is 0 Å². The number of primary amides is 1. The molecule has 29 heavy (non-hydrogen) atoms. The Labute approximate surface area is 169 Å². The molecule has 0 heterocycles. The predicted molar refractivity (Wildman–Crippen MR) is 106 cm³/mol. The van der Waals surface area contributed by atoms with Crippen molar-refractivity contribution < 1.29 is 33.5 Å². The molecule has 0 aliphatic rings. The monoisotopic (exact) mass is 429 g/mol. The van der Waals surface area contributed by atoms with Gasteiger partial charge in [-0.3, -0.25) is 13.9 Å². The minimum Gasteiger partial charge on any atom is -0.479 e. The van der Waals surface area contributed by atoms with Gasteiger partial charge in [-0.05, 0) is 17.9 Å². The smallest absolute Gasteiger partial charge is 0.351 e. The molecule has 0 fully saturated rings. The normalized spacial score (nSPS) is 15.2. The Balaban J connectivity index is 2.74. The van der Waals surface area contributed by atoms with Crippen molar-refractivity contribution >= 4 is 25.5 Å². The van der Waals surface area contributed by atoms with Crippen molar-refractivity contribution in [2.24, 2.45) is 11.7 Å². The number of hydrogen-bond donors (Lipinski definition) is 5. The number of carboxylic acid groups (broad SMARTS) is 1. The minimum atomic E-state index is -4.54. The van der Waals surface area contributed by atoms with Gasteiger partial charge >= 0.3 is 19.6 Å². The SMILES string of the molecule is CC(C)C(NC(=O)CCc1ccccc1)P(=O)(O)O[C@@H](CCNC(N)=O)C(=O)O. The van der Waals surface area contributed by atoms with Crippen molar-refractivity contribution in [1.82, 2.24) is 10.6 Å². The maximum absolute atomic E-state index is 12.7. The first kappa shape index (κ1) is 24.6. The lowest BCUT2D eigenvalue weighted by Crippen LogP contribution is -2.41. The molecule has 0 spiro atoms. The Kier molecular flexibility index (Phi) is 9.80. The molecule has 1 aromatic carbocycles. The minimum absolute atomic E-state index is 0.0954. The van der Waals surface area contributed by atoms with E-state index in [2.05, 4.69) is 10.6 Å². The lowest BCUT2D eigenvalue weighted by molar-refractivity contribution is -0.145. The standard InChI is InChI=1S/C18H28N3O7P/c1-12(2)16(21-15(22)9-8-13-6-4-3-5-7-13)29(26,27)28-14(17(23)24)10-11-20-18(19)25/h3-7,12,14,16H,8-11H2,1-2H3,(H,21,22)(H,23,24)(H,26,27)(H3,19,20,25)/t14-,16?/m0/s1. The Hall–Kier alpha value is -2.42. The Morgan fingerprint density at radius 3 is 2.34 bits per heavy atom. The molecule has 0 aliphatic heterocycles. The number of nitrogens with two attached hydrogens (primary N) is 1. The molecule has 0 aromatic heterocycles. The summed E-state index contributed by atoms with van der Waals surface area (Å²) < 4.78 is 17.7. The number of carbonyl (C=O) groups excluding carboxylic acids is 2. The van der Waals surface area contributed by atoms with E-state index in [9.17, 15) is 28.9 Å². The molecule has 3 amide bonds. The zero-order valence-corrected chi connectivity index (χ0v) is 17.3. The van der Waals surface area contributed by atoms with E-state index in [4.69, 9.17) is 10.3 Å². The largest absolute Gasteiger partial charge is 0.479 e. The quantitative estimate of drug-likeness (QED) is 0.313. The molecule has 1 rings (SSSR count). The summed E-state index contributed by atoms with van der Waals surface area (Å²) in [6.45, 7) is 3.07. The van der Waals surface area contributed by atoms with E-state index in [1.54, 1.807) is 13.8 Å². The van der Waals surface area contributed by atoms with Crippen LogP contribution in [0.1, 0.15) is 32.3 Å². The summed E-state index contributed by atoms with van der Waals surface area (Å²) in [4.78, 5) is 44.6. The third-order valence-electron chi connectivity index (χ3n) is 4.03. The second-order valence-electron chi connectivity index (χ2n) is 6.82. The summed E-state index contributed by atoms with van der Waals surface area (Å²) in [5, 5.41) is 13.9. The van der Waals surface area contributed by atoms with Gasteiger partial charge in [-0.25, -0.2) is 9.59 Å². The van der Waals surface area contributed by atoms with Crippen LogP contribution in [0.2, 0.25) is 0 Å². The zero-order chi connectivity index (χ0) is 22.0. The molecule has 3 atom stereocenters. The molecule has 1 aromatic rings. The van der Waals surface area contributed by atoms with Crippen molar-refractivity contribution in [3.05, 3.63) is 35.9 Å². The van der Waals surface area contributed by atoms with E-state index in [1.807, 2.05) is 30.3 Å². The van der Waals surface area contributed by atoms with Crippen molar-refractivity contribution in [1.29, 1.82) is 0 Å². The molecule has 6 N–H and O–H groups in total. The van der Waals surface area contributed by atoms with Crippen LogP contribution >= 0.6 is 7.60 Å². The topological polar surface area (TPSA) is 168 Å². The third-order valence-corrected chi connectivity index (χ3v) is 6.02. The predicted octanol–water partition coefficient (Wildman–Crippen LogP) is 1.43. The second-order valence-corrected chi connectivity index (χ2v) is 8.71. The lowest BCUT2D eigenvalue weighted by Gasteiger charge is -2.28. The fraction of sp³-hybridized carbons (Fsp3) is 0.500. The summed E-state index contributed by atoms with van der Waals surface area (Å²) in [6, 6.07) is 8.43. The zero-order valence-electron chi connectivity index (χ0n) is 16.4. The molecular formula is C18H28N3O7P. The van der Waals surface area contributed by atoms with Crippen molar-refractivity contribution in [3.8, 4) is 0 Å². The molecule has 0 radical (unpaired) electrons. The summed E-state index contributed by atoms with van der Waals surface area (Å²) in [5.74, 6) is -3.70. The number of carbonyl (C=O) groups is 3. The molecule has 2 unspecified atom stereocenters. The number of hydrogen-bond acceptors (Lipinski definition) is 5. The van der Waals surface area contributed by atoms with Crippen LogP contribution in [-0.2, 0) is 25.1 Å². The fourth-order valence-corrected chi connectivity index (χ4v) is 4.31. The van der Waals surface area contributed by atoms with Crippen LogP contribution in [0.5, 0.6) is 0 Å². The molecular weight excluding hydrogens is 401 g/mol. The highest BCUT2D eigenvalue weighted by molar-refractivity contribution is 7.53. The highest BCUT2D eigenvalue weighted by atomic mass is 31.2. The van der Waals surface area contributed by atoms with Crippen LogP contribution in [0, 0.1) is 5.92 Å². The van der Waals surface area contributed by atoms with E-state index in [0.717, 1.165) is 5.56 Å². The van der Waals surface area contributed by atoms with Gasteiger partial charge in [-0.2, -0.15) is 0 Å². The maximum Gasteiger partial charge on any atom is 0.351 e. The number of aryl methyl sites for hydroxylation is 1. The number of rotatable bonds is 12. The highest BCUT2D eigenvalue weighted by Crippen LogP contribution is 2.50. The molecule has 0 saturated carbocycles. The molecule has 10 nitrogen and oxygen atoms in total. The van der Waals surface area contributed by atoms with Crippen molar-refractivity contribution in [2.75, 3.05) is 6.54 Å². The average molecular weight is 429 g/mol. The molecule has 162 valence electrons. The Morgan fingerprint density at radius 2 is 1.83 bits per heavy atom. The first-order chi connectivity index (χ1) is 13.5. The summed E-state index contributed by atoms with van der Waals surface area (Å²) in [7, 11) is -4.54. The van der Waals surface area contributed by atoms with Gasteiger partial charge in [-0.1, -0.05) is 44.2 Å². The number of amides is 3. The van der Waals surface area contributed by atoms with Crippen LogP contribution in [0.15, 0.2) is 30.3 Å². The summed E-state index contributed by atoms with van der Waals surface area (Å²) in [5.41, 5.74) is 5.85. The number of nitrogens with one attached hydrogen (secondary N) is 2. The van der Waals surface area contributed by atoms with Gasteiger partial charge in [0, 0.05) is 19.4 Å². The number of urea groups is 1. The van der Waals surface area contributed by atoms with Crippen LogP contribution in [0.25, 0.3) is 0 Å². The van der Waals surface area contributed by atoms with Crippen molar-refractivity contribution in [3.63, 3.8) is 0 Å². The van der Waals surface area contributed by atoms with Gasteiger partial charge in [0.1, 0.15) is 5.78 Å². The summed E-state index contributed by atoms with van der Waals surface area (Å²) >= 11 is 0. The van der Waals surface area contributed by atoms with Gasteiger partial charge in [0.25, 0.3) is 0 Å². The maximum atomic E-state index is 12.7. The summed E-state index contributed by atoms with van der Waals surface area (Å²) in [6.07, 6.45) is -1.38.